The van der Waals surface area contributed by atoms with Crippen molar-refractivity contribution in [3.63, 3.8) is 0 Å². The van der Waals surface area contributed by atoms with Gasteiger partial charge in [0.25, 0.3) is 0 Å². The summed E-state index contributed by atoms with van der Waals surface area (Å²) in [5.41, 5.74) is 0.852. The molecule has 4 nitrogen and oxygen atoms in total. The number of hydrogen-bond acceptors (Lipinski definition) is 3. The zero-order valence-electron chi connectivity index (χ0n) is 13.4. The topological polar surface area (TPSA) is 41.6 Å². The van der Waals surface area contributed by atoms with Crippen LogP contribution in [0.2, 0.25) is 0 Å². The van der Waals surface area contributed by atoms with Gasteiger partial charge in [-0.3, -0.25) is 0 Å². The van der Waals surface area contributed by atoms with Crippen LogP contribution in [-0.4, -0.2) is 42.8 Å². The zero-order chi connectivity index (χ0) is 15.3. The molecule has 0 aromatic carbocycles. The van der Waals surface area contributed by atoms with Gasteiger partial charge < -0.3 is 15.0 Å². The average Bonchev–Trinajstić information content (AvgIpc) is 2.25. The number of rotatable bonds is 3. The summed E-state index contributed by atoms with van der Waals surface area (Å²) in [6, 6.07) is 0.127. The third-order valence-corrected chi connectivity index (χ3v) is 3.38. The Kier molecular flexibility index (Phi) is 5.81. The fourth-order valence-corrected chi connectivity index (χ4v) is 2.55. The van der Waals surface area contributed by atoms with Gasteiger partial charge in [-0.25, -0.2) is 4.79 Å². The lowest BCUT2D eigenvalue weighted by atomic mass is 9.88. The number of ether oxygens (including phenoxy) is 1. The van der Waals surface area contributed by atoms with E-state index in [2.05, 4.69) is 30.8 Å². The van der Waals surface area contributed by atoms with Gasteiger partial charge in [0.05, 0.1) is 0 Å². The number of alkyl carbamates (subject to hydrolysis) is 1. The molecule has 20 heavy (non-hydrogen) atoms. The Morgan fingerprint density at radius 2 is 2.05 bits per heavy atom. The van der Waals surface area contributed by atoms with Gasteiger partial charge >= 0.3 is 6.09 Å². The van der Waals surface area contributed by atoms with Gasteiger partial charge in [-0.1, -0.05) is 24.3 Å². The van der Waals surface area contributed by atoms with Gasteiger partial charge in [0.2, 0.25) is 0 Å². The molecule has 1 rings (SSSR count). The van der Waals surface area contributed by atoms with Crippen LogP contribution in [0.3, 0.4) is 0 Å². The predicted molar refractivity (Wildman–Crippen MR) is 82.7 cm³/mol. The summed E-state index contributed by atoms with van der Waals surface area (Å²) in [4.78, 5) is 14.1. The molecule has 1 fully saturated rings. The van der Waals surface area contributed by atoms with Crippen LogP contribution in [0, 0.1) is 5.92 Å². The summed E-state index contributed by atoms with van der Waals surface area (Å²) >= 11 is 0. The minimum Gasteiger partial charge on any atom is -0.444 e. The predicted octanol–water partition coefficient (Wildman–Crippen LogP) is 2.96. The molecule has 1 N–H and O–H groups in total. The van der Waals surface area contributed by atoms with Gasteiger partial charge in [-0.05, 0) is 47.1 Å². The number of amides is 1. The molecule has 1 aliphatic heterocycles. The van der Waals surface area contributed by atoms with Gasteiger partial charge in [0.1, 0.15) is 5.60 Å². The lowest BCUT2D eigenvalue weighted by Crippen LogP contribution is -2.50. The lowest BCUT2D eigenvalue weighted by Gasteiger charge is -2.36. The lowest BCUT2D eigenvalue weighted by molar-refractivity contribution is 0.0467. The molecule has 0 bridgehead atoms. The van der Waals surface area contributed by atoms with Crippen LogP contribution in [0.25, 0.3) is 0 Å². The van der Waals surface area contributed by atoms with Crippen molar-refractivity contribution < 1.29 is 9.53 Å². The van der Waals surface area contributed by atoms with Crippen LogP contribution >= 0.6 is 0 Å². The molecular formula is C16H28N2O2. The van der Waals surface area contributed by atoms with Crippen molar-refractivity contribution in [3.8, 4) is 0 Å². The number of likely N-dealkylation sites (N-methyl/N-ethyl adjacent to an activating group) is 1. The minimum atomic E-state index is -0.456. The molecule has 114 valence electrons. The largest absolute Gasteiger partial charge is 0.444 e. The molecule has 0 saturated carbocycles. The first kappa shape index (κ1) is 16.8. The fraction of sp³-hybridized carbons (Fsp3) is 0.688. The van der Waals surface area contributed by atoms with Gasteiger partial charge in [0.15, 0.2) is 0 Å². The average molecular weight is 280 g/mol. The molecule has 0 aromatic rings. The summed E-state index contributed by atoms with van der Waals surface area (Å²) in [6.07, 6.45) is 4.48. The summed E-state index contributed by atoms with van der Waals surface area (Å²) in [6.45, 7) is 13.4. The number of carbonyl (C=O) groups is 1. The molecule has 1 saturated heterocycles. The van der Waals surface area contributed by atoms with Crippen molar-refractivity contribution in [2.75, 3.05) is 20.1 Å². The van der Waals surface area contributed by atoms with Crippen LogP contribution in [0.15, 0.2) is 24.3 Å². The monoisotopic (exact) mass is 280 g/mol. The van der Waals surface area contributed by atoms with Crippen molar-refractivity contribution in [3.05, 3.63) is 24.3 Å². The standard InChI is InChI=1S/C16H28N2O2/c1-7-8-12(2)13-9-14(11-18(6)10-13)17-15(19)20-16(3,4)5/h7-8,13-14H,1,9-11H2,2-6H3,(H,17,19)/b12-8+. The number of likely N-dealkylation sites (tertiary alicyclic amines) is 1. The van der Waals surface area contributed by atoms with Gasteiger partial charge in [-0.15, -0.1) is 0 Å². The van der Waals surface area contributed by atoms with E-state index in [0.29, 0.717) is 5.92 Å². The van der Waals surface area contributed by atoms with Crippen molar-refractivity contribution in [1.29, 1.82) is 0 Å². The van der Waals surface area contributed by atoms with Crippen molar-refractivity contribution in [1.82, 2.24) is 10.2 Å². The van der Waals surface area contributed by atoms with E-state index in [1.165, 1.54) is 5.57 Å². The summed E-state index contributed by atoms with van der Waals surface area (Å²) in [7, 11) is 2.08. The Balaban J connectivity index is 2.60. The van der Waals surface area contributed by atoms with Crippen molar-refractivity contribution >= 4 is 6.09 Å². The number of nitrogens with one attached hydrogen (secondary N) is 1. The van der Waals surface area contributed by atoms with E-state index in [1.807, 2.05) is 32.9 Å². The highest BCUT2D eigenvalue weighted by Crippen LogP contribution is 2.23. The Labute approximate surface area is 122 Å². The third-order valence-electron chi connectivity index (χ3n) is 3.38. The van der Waals surface area contributed by atoms with E-state index in [-0.39, 0.29) is 12.1 Å². The highest BCUT2D eigenvalue weighted by atomic mass is 16.6. The van der Waals surface area contributed by atoms with E-state index in [0.717, 1.165) is 19.5 Å². The number of carbonyl (C=O) groups excluding carboxylic acids is 1. The van der Waals surface area contributed by atoms with Crippen LogP contribution in [0.1, 0.15) is 34.1 Å². The Morgan fingerprint density at radius 1 is 1.40 bits per heavy atom. The number of hydrogen-bond donors (Lipinski definition) is 1. The Morgan fingerprint density at radius 3 is 2.60 bits per heavy atom. The zero-order valence-corrected chi connectivity index (χ0v) is 13.4. The maximum atomic E-state index is 11.9. The van der Waals surface area contributed by atoms with Crippen LogP contribution in [-0.2, 0) is 4.74 Å². The molecule has 1 amide bonds. The summed E-state index contributed by atoms with van der Waals surface area (Å²) in [5, 5.41) is 2.98. The molecular weight excluding hydrogens is 252 g/mol. The normalized spacial score (nSPS) is 25.1. The summed E-state index contributed by atoms with van der Waals surface area (Å²) in [5.74, 6) is 0.451. The summed E-state index contributed by atoms with van der Waals surface area (Å²) < 4.78 is 5.32. The molecule has 4 heteroatoms. The molecule has 2 atom stereocenters. The first-order valence-electron chi connectivity index (χ1n) is 7.18. The van der Waals surface area contributed by atoms with Crippen LogP contribution in [0.4, 0.5) is 4.79 Å². The second-order valence-electron chi connectivity index (χ2n) is 6.64. The Hall–Kier alpha value is -1.29. The molecule has 0 aliphatic carbocycles. The second kappa shape index (κ2) is 6.93. The third kappa shape index (κ3) is 5.78. The highest BCUT2D eigenvalue weighted by molar-refractivity contribution is 5.68. The number of allylic oxidation sites excluding steroid dienone is 2. The molecule has 1 heterocycles. The van der Waals surface area contributed by atoms with Gasteiger partial charge in [-0.2, -0.15) is 0 Å². The van der Waals surface area contributed by atoms with Crippen LogP contribution < -0.4 is 5.32 Å². The van der Waals surface area contributed by atoms with Crippen molar-refractivity contribution in [2.24, 2.45) is 5.92 Å². The van der Waals surface area contributed by atoms with Crippen molar-refractivity contribution in [2.45, 2.75) is 45.8 Å². The fourth-order valence-electron chi connectivity index (χ4n) is 2.55. The maximum Gasteiger partial charge on any atom is 0.407 e. The van der Waals surface area contributed by atoms with E-state index >= 15 is 0 Å². The maximum absolute atomic E-state index is 11.9. The SMILES string of the molecule is C=C/C=C(\C)C1CC(NC(=O)OC(C)(C)C)CN(C)C1. The molecule has 0 aromatic heterocycles. The van der Waals surface area contributed by atoms with Gasteiger partial charge in [0, 0.05) is 19.1 Å². The van der Waals surface area contributed by atoms with Crippen LogP contribution in [0.5, 0.6) is 0 Å². The molecule has 2 unspecified atom stereocenters. The highest BCUT2D eigenvalue weighted by Gasteiger charge is 2.28. The smallest absolute Gasteiger partial charge is 0.407 e. The first-order valence-corrected chi connectivity index (χ1v) is 7.18. The number of piperidine rings is 1. The second-order valence-corrected chi connectivity index (χ2v) is 6.64. The number of nitrogens with zero attached hydrogens (tertiary/aromatic N) is 1. The first-order chi connectivity index (χ1) is 9.21. The molecule has 0 radical (unpaired) electrons. The van der Waals surface area contributed by atoms with E-state index in [4.69, 9.17) is 4.74 Å². The van der Waals surface area contributed by atoms with E-state index < -0.39 is 5.60 Å². The minimum absolute atomic E-state index is 0.127. The Bertz CT molecular complexity index is 382. The molecule has 0 spiro atoms. The molecule has 1 aliphatic rings. The van der Waals surface area contributed by atoms with E-state index in [9.17, 15) is 4.79 Å². The quantitative estimate of drug-likeness (QED) is 0.808. The van der Waals surface area contributed by atoms with E-state index in [1.54, 1.807) is 0 Å².